The number of carbonyl (C=O) groups is 2. The van der Waals surface area contributed by atoms with Gasteiger partial charge in [0.05, 0.1) is 5.92 Å². The maximum Gasteiger partial charge on any atom is 0.325 e. The highest BCUT2D eigenvalue weighted by Crippen LogP contribution is 2.16. The van der Waals surface area contributed by atoms with Crippen LogP contribution < -0.4 is 0 Å². The Kier molecular flexibility index (Phi) is 4.02. The summed E-state index contributed by atoms with van der Waals surface area (Å²) >= 11 is 0. The van der Waals surface area contributed by atoms with Crippen LogP contribution in [0.2, 0.25) is 0 Å². The van der Waals surface area contributed by atoms with Crippen molar-refractivity contribution in [1.29, 1.82) is 0 Å². The fraction of sp³-hybridized carbons (Fsp3) is 0.667. The normalized spacial score (nSPS) is 15.9. The molecular formula is C6H10O7S. The molecular weight excluding hydrogens is 216 g/mol. The molecule has 0 heterocycles. The summed E-state index contributed by atoms with van der Waals surface area (Å²) in [4.78, 5) is 20.9. The van der Waals surface area contributed by atoms with Gasteiger partial charge >= 0.3 is 11.9 Å². The minimum absolute atomic E-state index is 0.202. The second kappa shape index (κ2) is 4.38. The van der Waals surface area contributed by atoms with Gasteiger partial charge in [0.15, 0.2) is 5.25 Å². The Morgan fingerprint density at radius 2 is 1.64 bits per heavy atom. The first kappa shape index (κ1) is 12.8. The van der Waals surface area contributed by atoms with E-state index in [0.29, 0.717) is 0 Å². The van der Waals surface area contributed by atoms with Crippen molar-refractivity contribution in [1.82, 2.24) is 0 Å². The van der Waals surface area contributed by atoms with E-state index in [1.807, 2.05) is 0 Å². The molecule has 2 unspecified atom stereocenters. The highest BCUT2D eigenvalue weighted by atomic mass is 32.2. The summed E-state index contributed by atoms with van der Waals surface area (Å²) < 4.78 is 29.7. The minimum atomic E-state index is -4.90. The van der Waals surface area contributed by atoms with Crippen LogP contribution in [-0.2, 0) is 19.7 Å². The van der Waals surface area contributed by atoms with Crippen molar-refractivity contribution < 1.29 is 32.8 Å². The van der Waals surface area contributed by atoms with E-state index in [1.54, 1.807) is 0 Å². The smallest absolute Gasteiger partial charge is 0.325 e. The summed E-state index contributed by atoms with van der Waals surface area (Å²) in [6.07, 6.45) is -0.202. The lowest BCUT2D eigenvalue weighted by Crippen LogP contribution is -2.40. The topological polar surface area (TPSA) is 129 Å². The van der Waals surface area contributed by atoms with Crippen LogP contribution in [0.25, 0.3) is 0 Å². The van der Waals surface area contributed by atoms with Gasteiger partial charge in [0.2, 0.25) is 0 Å². The molecule has 82 valence electrons. The van der Waals surface area contributed by atoms with E-state index in [9.17, 15) is 18.0 Å². The predicted molar refractivity (Wildman–Crippen MR) is 44.4 cm³/mol. The Morgan fingerprint density at radius 1 is 1.21 bits per heavy atom. The predicted octanol–water partition coefficient (Wildman–Crippen LogP) is -0.562. The van der Waals surface area contributed by atoms with Gasteiger partial charge in [-0.05, 0) is 6.42 Å². The van der Waals surface area contributed by atoms with Gasteiger partial charge in [-0.1, -0.05) is 6.92 Å². The third-order valence-corrected chi connectivity index (χ3v) is 2.86. The van der Waals surface area contributed by atoms with Crippen LogP contribution in [0.1, 0.15) is 13.3 Å². The van der Waals surface area contributed by atoms with E-state index >= 15 is 0 Å². The Balaban J connectivity index is 5.21. The Labute approximate surface area is 80.1 Å². The summed E-state index contributed by atoms with van der Waals surface area (Å²) in [7, 11) is -4.90. The maximum absolute atomic E-state index is 10.6. The third-order valence-electron chi connectivity index (χ3n) is 1.69. The largest absolute Gasteiger partial charge is 0.481 e. The molecule has 7 nitrogen and oxygen atoms in total. The van der Waals surface area contributed by atoms with Crippen molar-refractivity contribution in [2.45, 2.75) is 18.6 Å². The second-order valence-corrected chi connectivity index (χ2v) is 4.16. The molecule has 0 aliphatic rings. The van der Waals surface area contributed by atoms with Crippen molar-refractivity contribution in [2.24, 2.45) is 5.92 Å². The molecule has 0 aliphatic heterocycles. The maximum atomic E-state index is 10.6. The van der Waals surface area contributed by atoms with Gasteiger partial charge in [0.25, 0.3) is 10.1 Å². The molecule has 0 fully saturated rings. The van der Waals surface area contributed by atoms with Gasteiger partial charge in [-0.25, -0.2) is 0 Å². The summed E-state index contributed by atoms with van der Waals surface area (Å²) in [5.41, 5.74) is 0. The van der Waals surface area contributed by atoms with E-state index < -0.39 is 33.2 Å². The standard InChI is InChI=1S/C6H10O7S/c1-2-3(5(7)8)4(6(9)10)14(11,12)13/h3-4H,2H2,1H3,(H,7,8)(H,9,10)(H,11,12,13). The Bertz CT molecular complexity index is 330. The summed E-state index contributed by atoms with van der Waals surface area (Å²) in [5, 5.41) is 14.7. The highest BCUT2D eigenvalue weighted by molar-refractivity contribution is 7.87. The molecule has 0 amide bonds. The van der Waals surface area contributed by atoms with E-state index in [1.165, 1.54) is 6.92 Å². The fourth-order valence-electron chi connectivity index (χ4n) is 1.03. The molecule has 0 aromatic rings. The molecule has 0 aromatic carbocycles. The highest BCUT2D eigenvalue weighted by Gasteiger charge is 2.41. The third kappa shape index (κ3) is 2.96. The number of carboxylic acids is 2. The van der Waals surface area contributed by atoms with Crippen LogP contribution in [0.4, 0.5) is 0 Å². The number of hydrogen-bond donors (Lipinski definition) is 3. The average molecular weight is 226 g/mol. The first-order valence-electron chi connectivity index (χ1n) is 3.63. The molecule has 0 radical (unpaired) electrons. The SMILES string of the molecule is CCC(C(=O)O)C(C(=O)O)S(=O)(=O)O. The lowest BCUT2D eigenvalue weighted by atomic mass is 10.0. The minimum Gasteiger partial charge on any atom is -0.481 e. The quantitative estimate of drug-likeness (QED) is 0.535. The molecule has 2 atom stereocenters. The molecule has 0 aliphatic carbocycles. The molecule has 0 saturated carbocycles. The summed E-state index contributed by atoms with van der Waals surface area (Å²) in [6.45, 7) is 1.32. The van der Waals surface area contributed by atoms with Crippen LogP contribution in [0.15, 0.2) is 0 Å². The van der Waals surface area contributed by atoms with Crippen molar-refractivity contribution in [2.75, 3.05) is 0 Å². The van der Waals surface area contributed by atoms with Gasteiger partial charge < -0.3 is 10.2 Å². The number of rotatable bonds is 5. The van der Waals surface area contributed by atoms with Gasteiger partial charge in [-0.3, -0.25) is 14.1 Å². The van der Waals surface area contributed by atoms with Crippen LogP contribution in [0, 0.1) is 5.92 Å². The monoisotopic (exact) mass is 226 g/mol. The lowest BCUT2D eigenvalue weighted by molar-refractivity contribution is -0.148. The molecule has 0 bridgehead atoms. The molecule has 0 rings (SSSR count). The molecule has 14 heavy (non-hydrogen) atoms. The number of carboxylic acid groups (broad SMARTS) is 2. The van der Waals surface area contributed by atoms with Crippen LogP contribution >= 0.6 is 0 Å². The van der Waals surface area contributed by atoms with Gasteiger partial charge in [-0.15, -0.1) is 0 Å². The Hall–Kier alpha value is -1.15. The van der Waals surface area contributed by atoms with Crippen LogP contribution in [0.3, 0.4) is 0 Å². The van der Waals surface area contributed by atoms with Crippen molar-refractivity contribution >= 4 is 22.1 Å². The molecule has 3 N–H and O–H groups in total. The van der Waals surface area contributed by atoms with E-state index in [4.69, 9.17) is 14.8 Å². The van der Waals surface area contributed by atoms with E-state index in [0.717, 1.165) is 0 Å². The zero-order valence-electron chi connectivity index (χ0n) is 7.24. The van der Waals surface area contributed by atoms with Crippen molar-refractivity contribution in [3.63, 3.8) is 0 Å². The fourth-order valence-corrected chi connectivity index (χ4v) is 2.00. The zero-order chi connectivity index (χ0) is 11.5. The Morgan fingerprint density at radius 3 is 1.71 bits per heavy atom. The van der Waals surface area contributed by atoms with Gasteiger partial charge in [0.1, 0.15) is 0 Å². The summed E-state index contributed by atoms with van der Waals surface area (Å²) in [5.74, 6) is -5.10. The number of hydrogen-bond acceptors (Lipinski definition) is 4. The molecule has 0 saturated heterocycles. The lowest BCUT2D eigenvalue weighted by Gasteiger charge is -2.15. The van der Waals surface area contributed by atoms with Crippen LogP contribution in [0.5, 0.6) is 0 Å². The van der Waals surface area contributed by atoms with Crippen LogP contribution in [-0.4, -0.2) is 40.4 Å². The van der Waals surface area contributed by atoms with Crippen molar-refractivity contribution in [3.8, 4) is 0 Å². The molecule has 0 aromatic heterocycles. The zero-order valence-corrected chi connectivity index (χ0v) is 8.06. The van der Waals surface area contributed by atoms with Gasteiger partial charge in [0, 0.05) is 0 Å². The first-order chi connectivity index (χ1) is 6.21. The van der Waals surface area contributed by atoms with E-state index in [-0.39, 0.29) is 6.42 Å². The van der Waals surface area contributed by atoms with Gasteiger partial charge in [-0.2, -0.15) is 8.42 Å². The van der Waals surface area contributed by atoms with Crippen molar-refractivity contribution in [3.05, 3.63) is 0 Å². The molecule has 8 heteroatoms. The van der Waals surface area contributed by atoms with E-state index in [2.05, 4.69) is 0 Å². The number of aliphatic carboxylic acids is 2. The summed E-state index contributed by atoms with van der Waals surface area (Å²) in [6, 6.07) is 0. The molecule has 0 spiro atoms. The first-order valence-corrected chi connectivity index (χ1v) is 5.14. The average Bonchev–Trinajstić information content (AvgIpc) is 1.95. The second-order valence-electron chi connectivity index (χ2n) is 2.63.